The monoisotopic (exact) mass is 350 g/mol. The van der Waals surface area contributed by atoms with E-state index in [1.54, 1.807) is 6.07 Å². The number of hydrogen-bond donors (Lipinski definition) is 1. The van der Waals surface area contributed by atoms with Crippen molar-refractivity contribution < 1.29 is 22.7 Å². The first-order chi connectivity index (χ1) is 10.5. The molecule has 0 unspecified atom stereocenters. The van der Waals surface area contributed by atoms with Crippen LogP contribution in [0.15, 0.2) is 23.1 Å². The average molecular weight is 351 g/mol. The van der Waals surface area contributed by atoms with Crippen LogP contribution < -0.4 is 9.62 Å². The second kappa shape index (κ2) is 8.09. The second-order valence-corrected chi connectivity index (χ2v) is 6.73. The Kier molecular flexibility index (Phi) is 6.42. The summed E-state index contributed by atoms with van der Waals surface area (Å²) in [4.78, 5) is 9.24. The van der Waals surface area contributed by atoms with Crippen molar-refractivity contribution >= 4 is 21.6 Å². The van der Waals surface area contributed by atoms with Gasteiger partial charge in [-0.15, -0.1) is 0 Å². The van der Waals surface area contributed by atoms with E-state index in [0.29, 0.717) is 24.8 Å². The molecule has 124 valence electrons. The normalized spacial score (nSPS) is 16.6. The summed E-state index contributed by atoms with van der Waals surface area (Å²) in [5, 5.41) is 0.300. The maximum Gasteiger partial charge on any atom is 0.266 e. The molecule has 1 aromatic carbocycles. The molecule has 0 bridgehead atoms. The molecular weight excluding hydrogens is 332 g/mol. The SMILES string of the molecule is COc1ccc(Cl)cc1S(=O)(=O)NOCCN1CCOCC1. The van der Waals surface area contributed by atoms with E-state index in [2.05, 4.69) is 9.79 Å². The Morgan fingerprint density at radius 3 is 2.77 bits per heavy atom. The van der Waals surface area contributed by atoms with Crippen LogP contribution in [0.2, 0.25) is 5.02 Å². The lowest BCUT2D eigenvalue weighted by atomic mass is 10.3. The molecule has 9 heteroatoms. The number of methoxy groups -OCH3 is 1. The van der Waals surface area contributed by atoms with Gasteiger partial charge in [-0.1, -0.05) is 16.5 Å². The third-order valence-corrected chi connectivity index (χ3v) is 4.67. The number of ether oxygens (including phenoxy) is 2. The number of morpholine rings is 1. The van der Waals surface area contributed by atoms with Crippen LogP contribution in [0.4, 0.5) is 0 Å². The molecule has 1 aliphatic heterocycles. The van der Waals surface area contributed by atoms with Gasteiger partial charge in [0.1, 0.15) is 10.6 Å². The van der Waals surface area contributed by atoms with E-state index >= 15 is 0 Å². The van der Waals surface area contributed by atoms with Gasteiger partial charge in [-0.25, -0.2) is 8.42 Å². The Labute approximate surface area is 135 Å². The molecule has 1 fully saturated rings. The summed E-state index contributed by atoms with van der Waals surface area (Å²) < 4.78 is 34.7. The molecule has 22 heavy (non-hydrogen) atoms. The maximum absolute atomic E-state index is 12.2. The molecule has 0 aromatic heterocycles. The molecule has 7 nitrogen and oxygen atoms in total. The molecule has 1 heterocycles. The number of rotatable bonds is 7. The van der Waals surface area contributed by atoms with Crippen LogP contribution in [0.3, 0.4) is 0 Å². The van der Waals surface area contributed by atoms with Crippen molar-refractivity contribution in [3.05, 3.63) is 23.2 Å². The van der Waals surface area contributed by atoms with E-state index < -0.39 is 10.0 Å². The van der Waals surface area contributed by atoms with E-state index in [4.69, 9.17) is 25.9 Å². The molecule has 1 N–H and O–H groups in total. The molecule has 2 rings (SSSR count). The quantitative estimate of drug-likeness (QED) is 0.581. The highest BCUT2D eigenvalue weighted by atomic mass is 35.5. The lowest BCUT2D eigenvalue weighted by molar-refractivity contribution is 0.0125. The molecule has 0 saturated carbocycles. The summed E-state index contributed by atoms with van der Waals surface area (Å²) in [6, 6.07) is 4.36. The van der Waals surface area contributed by atoms with Gasteiger partial charge in [0.15, 0.2) is 0 Å². The van der Waals surface area contributed by atoms with E-state index in [-0.39, 0.29) is 17.3 Å². The zero-order valence-corrected chi connectivity index (χ0v) is 13.8. The van der Waals surface area contributed by atoms with Crippen LogP contribution in [0.1, 0.15) is 0 Å². The summed E-state index contributed by atoms with van der Waals surface area (Å²) in [5.41, 5.74) is 0. The minimum Gasteiger partial charge on any atom is -0.495 e. The van der Waals surface area contributed by atoms with Gasteiger partial charge in [-0.3, -0.25) is 9.74 Å². The van der Waals surface area contributed by atoms with Crippen LogP contribution in [-0.2, 0) is 19.6 Å². The third kappa shape index (κ3) is 4.80. The number of sulfonamides is 1. The predicted molar refractivity (Wildman–Crippen MR) is 81.5 cm³/mol. The fraction of sp³-hybridized carbons (Fsp3) is 0.538. The smallest absolute Gasteiger partial charge is 0.266 e. The van der Waals surface area contributed by atoms with E-state index in [1.165, 1.54) is 19.2 Å². The molecule has 0 atom stereocenters. The first kappa shape index (κ1) is 17.5. The van der Waals surface area contributed by atoms with Crippen molar-refractivity contribution in [2.45, 2.75) is 4.90 Å². The molecule has 1 saturated heterocycles. The summed E-state index contributed by atoms with van der Waals surface area (Å²) in [5.74, 6) is 0.202. The van der Waals surface area contributed by atoms with Gasteiger partial charge in [0, 0.05) is 24.7 Å². The fourth-order valence-corrected chi connectivity index (χ4v) is 3.29. The number of halogens is 1. The van der Waals surface area contributed by atoms with Crippen LogP contribution >= 0.6 is 11.6 Å². The first-order valence-corrected chi connectivity index (χ1v) is 8.66. The molecular formula is C13H19ClN2O5S. The Balaban J connectivity index is 1.89. The lowest BCUT2D eigenvalue weighted by Gasteiger charge is -2.26. The standard InChI is InChI=1S/C13H19ClN2O5S/c1-19-12-3-2-11(14)10-13(12)22(17,18)15-21-9-6-16-4-7-20-8-5-16/h2-3,10,15H,4-9H2,1H3. The van der Waals surface area contributed by atoms with Crippen molar-refractivity contribution in [1.82, 2.24) is 9.79 Å². The minimum absolute atomic E-state index is 0.0612. The Morgan fingerprint density at radius 1 is 1.36 bits per heavy atom. The van der Waals surface area contributed by atoms with Crippen LogP contribution in [0, 0.1) is 0 Å². The van der Waals surface area contributed by atoms with Crippen molar-refractivity contribution in [3.63, 3.8) is 0 Å². The Morgan fingerprint density at radius 2 is 2.09 bits per heavy atom. The summed E-state index contributed by atoms with van der Waals surface area (Å²) in [6.45, 7) is 3.87. The maximum atomic E-state index is 12.2. The van der Waals surface area contributed by atoms with Crippen LogP contribution in [0.25, 0.3) is 0 Å². The van der Waals surface area contributed by atoms with E-state index in [0.717, 1.165) is 13.1 Å². The lowest BCUT2D eigenvalue weighted by Crippen LogP contribution is -2.39. The molecule has 0 aliphatic carbocycles. The Bertz CT molecular complexity index is 590. The predicted octanol–water partition coefficient (Wildman–Crippen LogP) is 0.891. The zero-order valence-electron chi connectivity index (χ0n) is 12.2. The highest BCUT2D eigenvalue weighted by molar-refractivity contribution is 7.89. The van der Waals surface area contributed by atoms with Gasteiger partial charge in [-0.05, 0) is 18.2 Å². The third-order valence-electron chi connectivity index (χ3n) is 3.20. The number of benzene rings is 1. The zero-order chi connectivity index (χ0) is 16.0. The molecule has 1 aromatic rings. The highest BCUT2D eigenvalue weighted by Crippen LogP contribution is 2.26. The molecule has 0 radical (unpaired) electrons. The van der Waals surface area contributed by atoms with E-state index in [1.807, 2.05) is 0 Å². The summed E-state index contributed by atoms with van der Waals surface area (Å²) >= 11 is 5.84. The topological polar surface area (TPSA) is 77.1 Å². The van der Waals surface area contributed by atoms with Gasteiger partial charge in [0.2, 0.25) is 0 Å². The first-order valence-electron chi connectivity index (χ1n) is 6.80. The minimum atomic E-state index is -3.85. The van der Waals surface area contributed by atoms with Gasteiger partial charge in [-0.2, -0.15) is 0 Å². The number of nitrogens with zero attached hydrogens (tertiary/aromatic N) is 1. The fourth-order valence-electron chi connectivity index (χ4n) is 2.02. The van der Waals surface area contributed by atoms with Gasteiger partial charge in [0.25, 0.3) is 10.0 Å². The highest BCUT2D eigenvalue weighted by Gasteiger charge is 2.20. The summed E-state index contributed by atoms with van der Waals surface area (Å²) in [7, 11) is -2.46. The summed E-state index contributed by atoms with van der Waals surface area (Å²) in [6.07, 6.45) is 0. The van der Waals surface area contributed by atoms with Gasteiger partial charge >= 0.3 is 0 Å². The van der Waals surface area contributed by atoms with Crippen molar-refractivity contribution in [3.8, 4) is 5.75 Å². The molecule has 0 amide bonds. The van der Waals surface area contributed by atoms with Crippen molar-refractivity contribution in [2.75, 3.05) is 46.6 Å². The van der Waals surface area contributed by atoms with Crippen LogP contribution in [0.5, 0.6) is 5.75 Å². The Hall–Kier alpha value is -0.900. The average Bonchev–Trinajstić information content (AvgIpc) is 2.52. The van der Waals surface area contributed by atoms with Crippen molar-refractivity contribution in [1.29, 1.82) is 0 Å². The van der Waals surface area contributed by atoms with Gasteiger partial charge in [0.05, 0.1) is 26.9 Å². The van der Waals surface area contributed by atoms with Gasteiger partial charge < -0.3 is 9.47 Å². The van der Waals surface area contributed by atoms with Crippen LogP contribution in [-0.4, -0.2) is 59.9 Å². The molecule has 0 spiro atoms. The number of hydrogen-bond acceptors (Lipinski definition) is 6. The van der Waals surface area contributed by atoms with Crippen molar-refractivity contribution in [2.24, 2.45) is 0 Å². The molecule has 1 aliphatic rings. The number of nitrogens with one attached hydrogen (secondary N) is 1. The largest absolute Gasteiger partial charge is 0.495 e. The second-order valence-electron chi connectivity index (χ2n) is 4.68. The van der Waals surface area contributed by atoms with E-state index in [9.17, 15) is 8.42 Å².